The zero-order valence-electron chi connectivity index (χ0n) is 44.3. The van der Waals surface area contributed by atoms with E-state index in [4.69, 9.17) is 8.83 Å². The fourth-order valence-electron chi connectivity index (χ4n) is 13.4. The van der Waals surface area contributed by atoms with E-state index in [0.717, 1.165) is 77.0 Å². The predicted octanol–water partition coefficient (Wildman–Crippen LogP) is 17.9. The van der Waals surface area contributed by atoms with Crippen LogP contribution in [0.2, 0.25) is 0 Å². The van der Waals surface area contributed by atoms with Gasteiger partial charge in [0, 0.05) is 67.7 Å². The maximum atomic E-state index is 7.02. The van der Waals surface area contributed by atoms with Crippen LogP contribution in [0.15, 0.2) is 167 Å². The van der Waals surface area contributed by atoms with E-state index in [0.29, 0.717) is 0 Å². The maximum Gasteiger partial charge on any atom is 0.198 e. The molecule has 1 N–H and O–H groups in total. The van der Waals surface area contributed by atoms with Gasteiger partial charge in [-0.25, -0.2) is 0 Å². The van der Waals surface area contributed by atoms with Crippen molar-refractivity contribution < 1.29 is 8.83 Å². The number of nitrogens with zero attached hydrogens (tertiary/aromatic N) is 1. The number of rotatable bonds is 5. The minimum Gasteiger partial charge on any atom is -0.456 e. The van der Waals surface area contributed by atoms with Crippen LogP contribution in [0.4, 0.5) is 28.4 Å². The monoisotopic (exact) mass is 962 g/mol. The van der Waals surface area contributed by atoms with E-state index >= 15 is 0 Å². The van der Waals surface area contributed by atoms with Gasteiger partial charge in [-0.15, -0.1) is 0 Å². The normalized spacial score (nSPS) is 17.0. The number of aryl methyl sites for hydroxylation is 1. The van der Waals surface area contributed by atoms with Crippen LogP contribution in [-0.2, 0) is 21.7 Å². The number of hydrogen-bond acceptors (Lipinski definition) is 4. The number of hydrogen-bond donors (Lipinski definition) is 1. The third kappa shape index (κ3) is 7.02. The molecule has 5 heteroatoms. The molecule has 364 valence electrons. The molecule has 74 heavy (non-hydrogen) atoms. The van der Waals surface area contributed by atoms with Crippen LogP contribution < -0.4 is 21.1 Å². The molecule has 2 aromatic heterocycles. The van der Waals surface area contributed by atoms with Crippen molar-refractivity contribution in [3.63, 3.8) is 0 Å². The van der Waals surface area contributed by atoms with Crippen molar-refractivity contribution in [2.45, 2.75) is 110 Å². The molecular weight excluding hydrogens is 900 g/mol. The quantitative estimate of drug-likeness (QED) is 0.175. The lowest BCUT2D eigenvalue weighted by atomic mass is 9.57. The van der Waals surface area contributed by atoms with Gasteiger partial charge in [0.25, 0.3) is 0 Å². The SMILES string of the molecule is Cc1cc(-c2cc3ccccc3cc2Nc2ccc(-c3ccccc3)cc2)c2c(c1)N(c1ccc3c(c1)oc1cc4c(cc13)C(C)(C)CCC4(C)C)c1cc3oc4cc5c(cc4c3cc1B2)C(C)(C)CCC5(C)C. The van der Waals surface area contributed by atoms with Gasteiger partial charge in [0.05, 0.1) is 0 Å². The van der Waals surface area contributed by atoms with E-state index < -0.39 is 0 Å². The lowest BCUT2D eigenvalue weighted by Crippen LogP contribution is -2.41. The molecule has 0 unspecified atom stereocenters. The minimum atomic E-state index is 0.0765. The zero-order valence-corrected chi connectivity index (χ0v) is 44.3. The lowest BCUT2D eigenvalue weighted by molar-refractivity contribution is 0.332. The summed E-state index contributed by atoms with van der Waals surface area (Å²) in [6.07, 6.45) is 4.65. The van der Waals surface area contributed by atoms with Gasteiger partial charge in [-0.05, 0) is 182 Å². The molecule has 0 radical (unpaired) electrons. The summed E-state index contributed by atoms with van der Waals surface area (Å²) >= 11 is 0. The molecule has 2 aliphatic carbocycles. The van der Waals surface area contributed by atoms with Crippen LogP contribution in [-0.4, -0.2) is 7.28 Å². The number of furan rings is 2. The molecule has 3 aliphatic rings. The van der Waals surface area contributed by atoms with E-state index in [1.165, 1.54) is 100 Å². The second-order valence-electron chi connectivity index (χ2n) is 24.8. The first-order valence-electron chi connectivity index (χ1n) is 26.9. The summed E-state index contributed by atoms with van der Waals surface area (Å²) in [6, 6.07) is 59.1. The number of nitrogens with one attached hydrogen (secondary N) is 1. The molecule has 0 amide bonds. The van der Waals surface area contributed by atoms with Crippen molar-refractivity contribution in [1.82, 2.24) is 0 Å². The fourth-order valence-corrected chi connectivity index (χ4v) is 13.4. The lowest BCUT2D eigenvalue weighted by Gasteiger charge is -2.41. The molecule has 14 rings (SSSR count). The third-order valence-electron chi connectivity index (χ3n) is 18.0. The third-order valence-corrected chi connectivity index (χ3v) is 18.0. The predicted molar refractivity (Wildman–Crippen MR) is 316 cm³/mol. The summed E-state index contributed by atoms with van der Waals surface area (Å²) in [6.45, 7) is 21.5. The van der Waals surface area contributed by atoms with Crippen LogP contribution in [0.5, 0.6) is 0 Å². The summed E-state index contributed by atoms with van der Waals surface area (Å²) in [5.74, 6) is 0. The van der Waals surface area contributed by atoms with Gasteiger partial charge < -0.3 is 19.1 Å². The number of anilines is 5. The van der Waals surface area contributed by atoms with Gasteiger partial charge in [-0.2, -0.15) is 0 Å². The molecule has 0 bridgehead atoms. The highest BCUT2D eigenvalue weighted by atomic mass is 16.3. The Morgan fingerprint density at radius 3 is 1.61 bits per heavy atom. The molecule has 0 saturated carbocycles. The highest BCUT2D eigenvalue weighted by Crippen LogP contribution is 2.51. The van der Waals surface area contributed by atoms with Crippen LogP contribution in [0.25, 0.3) is 76.9 Å². The van der Waals surface area contributed by atoms with Gasteiger partial charge in [-0.1, -0.05) is 140 Å². The molecule has 0 spiro atoms. The Morgan fingerprint density at radius 2 is 0.973 bits per heavy atom. The summed E-state index contributed by atoms with van der Waals surface area (Å²) in [4.78, 5) is 2.49. The van der Waals surface area contributed by atoms with Crippen LogP contribution >= 0.6 is 0 Å². The minimum absolute atomic E-state index is 0.0765. The first-order chi connectivity index (χ1) is 35.5. The second kappa shape index (κ2) is 15.8. The van der Waals surface area contributed by atoms with Gasteiger partial charge in [0.1, 0.15) is 22.3 Å². The van der Waals surface area contributed by atoms with Gasteiger partial charge >= 0.3 is 0 Å². The summed E-state index contributed by atoms with van der Waals surface area (Å²) in [5.41, 5.74) is 23.8. The molecule has 0 atom stereocenters. The van der Waals surface area contributed by atoms with E-state index in [9.17, 15) is 0 Å². The Morgan fingerprint density at radius 1 is 0.446 bits per heavy atom. The first-order valence-corrected chi connectivity index (χ1v) is 26.9. The van der Waals surface area contributed by atoms with Crippen molar-refractivity contribution in [3.8, 4) is 22.3 Å². The smallest absolute Gasteiger partial charge is 0.198 e. The highest BCUT2D eigenvalue weighted by molar-refractivity contribution is 6.73. The van der Waals surface area contributed by atoms with Crippen molar-refractivity contribution in [2.24, 2.45) is 0 Å². The Bertz CT molecular complexity index is 4150. The van der Waals surface area contributed by atoms with Gasteiger partial charge in [0.15, 0.2) is 7.28 Å². The van der Waals surface area contributed by atoms with E-state index in [1.54, 1.807) is 0 Å². The zero-order chi connectivity index (χ0) is 50.6. The maximum absolute atomic E-state index is 7.02. The summed E-state index contributed by atoms with van der Waals surface area (Å²) < 4.78 is 14.0. The average Bonchev–Trinajstić information content (AvgIpc) is 3.93. The molecule has 4 nitrogen and oxygen atoms in total. The fraction of sp³-hybridized carbons (Fsp3) is 0.246. The topological polar surface area (TPSA) is 41.5 Å². The van der Waals surface area contributed by atoms with Crippen LogP contribution in [0.3, 0.4) is 0 Å². The Hall–Kier alpha value is -7.50. The van der Waals surface area contributed by atoms with Gasteiger partial charge in [0.2, 0.25) is 0 Å². The molecular formula is C69H63BN2O2. The van der Waals surface area contributed by atoms with E-state index in [-0.39, 0.29) is 21.7 Å². The van der Waals surface area contributed by atoms with Crippen LogP contribution in [0, 0.1) is 6.92 Å². The molecule has 0 saturated heterocycles. The Kier molecular flexibility index (Phi) is 9.62. The van der Waals surface area contributed by atoms with E-state index in [2.05, 4.69) is 230 Å². The average molecular weight is 963 g/mol. The molecule has 11 aromatic rings. The van der Waals surface area contributed by atoms with E-state index in [1.807, 2.05) is 0 Å². The van der Waals surface area contributed by atoms with Crippen molar-refractivity contribution in [2.75, 3.05) is 10.2 Å². The Labute approximate surface area is 435 Å². The van der Waals surface area contributed by atoms with Crippen molar-refractivity contribution in [1.29, 1.82) is 0 Å². The van der Waals surface area contributed by atoms with Crippen molar-refractivity contribution in [3.05, 3.63) is 186 Å². The molecule has 0 fully saturated rings. The van der Waals surface area contributed by atoms with Gasteiger partial charge in [-0.3, -0.25) is 0 Å². The number of fused-ring (bicyclic) bond motifs is 11. The molecule has 9 aromatic carbocycles. The second-order valence-corrected chi connectivity index (χ2v) is 24.8. The largest absolute Gasteiger partial charge is 0.456 e. The highest BCUT2D eigenvalue weighted by Gasteiger charge is 2.40. The Balaban J connectivity index is 0.981. The van der Waals surface area contributed by atoms with Crippen molar-refractivity contribution >= 4 is 101 Å². The molecule has 3 heterocycles. The summed E-state index contributed by atoms with van der Waals surface area (Å²) in [7, 11) is 0.755. The standard InChI is InChI=1S/C69H63BN2O2/c1-40-29-52(48-31-43-17-13-14-18-44(43)32-58(48)71-45-21-19-42(20-22-45)41-15-11-10-12-16-41)65-60(30-40)72(46-23-24-47-49-34-53-55(37-62(49)73-61(47)33-46)68(6,7)27-25-66(53,2)3)59-39-64-51(36-57(59)70-65)50-35-54-56(38-63(50)74-64)69(8,9)28-26-67(54,4)5/h10-24,29-39,70-71H,25-28H2,1-9H3. The first kappa shape index (κ1) is 45.1. The summed E-state index contributed by atoms with van der Waals surface area (Å²) in [5, 5.41) is 11.1. The number of benzene rings is 9. The van der Waals surface area contributed by atoms with Crippen LogP contribution in [0.1, 0.15) is 109 Å². The molecule has 1 aliphatic heterocycles.